The van der Waals surface area contributed by atoms with Crippen LogP contribution in [0.4, 0.5) is 0 Å². The maximum absolute atomic E-state index is 10.6. The van der Waals surface area contributed by atoms with Crippen molar-refractivity contribution in [1.29, 1.82) is 0 Å². The van der Waals surface area contributed by atoms with E-state index in [0.29, 0.717) is 36.1 Å². The third-order valence-electron chi connectivity index (χ3n) is 3.63. The highest BCUT2D eigenvalue weighted by atomic mass is 35.5. The molecule has 0 aromatic heterocycles. The van der Waals surface area contributed by atoms with Crippen LogP contribution in [-0.4, -0.2) is 32.0 Å². The first-order valence-electron chi connectivity index (χ1n) is 5.93. The fraction of sp³-hybridized carbons (Fsp3) is 0.538. The molecule has 2 unspecified atom stereocenters. The molecule has 18 heavy (non-hydrogen) atoms. The maximum Gasteiger partial charge on any atom is 0.126 e. The highest BCUT2D eigenvalue weighted by Gasteiger charge is 2.43. The molecular formula is C13H18ClNO3. The van der Waals surface area contributed by atoms with Crippen molar-refractivity contribution < 1.29 is 14.6 Å². The molecule has 1 heterocycles. The van der Waals surface area contributed by atoms with Gasteiger partial charge in [0.1, 0.15) is 5.75 Å². The summed E-state index contributed by atoms with van der Waals surface area (Å²) < 4.78 is 10.7. The first-order chi connectivity index (χ1) is 8.64. The molecule has 0 aliphatic carbocycles. The van der Waals surface area contributed by atoms with Gasteiger partial charge in [0.05, 0.1) is 24.8 Å². The second kappa shape index (κ2) is 5.45. The van der Waals surface area contributed by atoms with Gasteiger partial charge >= 0.3 is 0 Å². The summed E-state index contributed by atoms with van der Waals surface area (Å²) in [7, 11) is 1.56. The molecule has 2 atom stereocenters. The zero-order valence-corrected chi connectivity index (χ0v) is 11.1. The lowest BCUT2D eigenvalue weighted by Gasteiger charge is -2.32. The Morgan fingerprint density at radius 1 is 1.61 bits per heavy atom. The van der Waals surface area contributed by atoms with E-state index in [2.05, 4.69) is 0 Å². The van der Waals surface area contributed by atoms with Crippen LogP contribution in [0.15, 0.2) is 18.2 Å². The largest absolute Gasteiger partial charge is 0.496 e. The van der Waals surface area contributed by atoms with Gasteiger partial charge in [-0.1, -0.05) is 17.7 Å². The lowest BCUT2D eigenvalue weighted by atomic mass is 9.78. The van der Waals surface area contributed by atoms with Crippen LogP contribution < -0.4 is 10.5 Å². The van der Waals surface area contributed by atoms with Crippen molar-refractivity contribution in [3.63, 3.8) is 0 Å². The molecule has 0 bridgehead atoms. The molecule has 0 radical (unpaired) electrons. The average molecular weight is 272 g/mol. The summed E-state index contributed by atoms with van der Waals surface area (Å²) in [5, 5.41) is 11.1. The van der Waals surface area contributed by atoms with E-state index in [1.807, 2.05) is 0 Å². The van der Waals surface area contributed by atoms with E-state index in [1.165, 1.54) is 0 Å². The van der Waals surface area contributed by atoms with E-state index in [4.69, 9.17) is 26.8 Å². The van der Waals surface area contributed by atoms with Gasteiger partial charge in [-0.3, -0.25) is 0 Å². The first kappa shape index (κ1) is 13.6. The number of benzene rings is 1. The van der Waals surface area contributed by atoms with Crippen LogP contribution in [-0.2, 0) is 4.74 Å². The lowest BCUT2D eigenvalue weighted by molar-refractivity contribution is 0.0177. The third kappa shape index (κ3) is 2.21. The average Bonchev–Trinajstić information content (AvgIpc) is 2.87. The standard InChI is InChI=1S/C13H18ClNO3/c1-17-10-4-2-3-9(14)11(10)12(16)13(7-15)5-6-18-8-13/h2-4,12,16H,5-8,15H2,1H3. The zero-order valence-electron chi connectivity index (χ0n) is 10.4. The van der Waals surface area contributed by atoms with Crippen molar-refractivity contribution in [2.75, 3.05) is 26.9 Å². The predicted octanol–water partition coefficient (Wildman–Crippen LogP) is 1.75. The van der Waals surface area contributed by atoms with E-state index in [0.717, 1.165) is 6.42 Å². The van der Waals surface area contributed by atoms with Gasteiger partial charge in [-0.2, -0.15) is 0 Å². The number of aliphatic hydroxyl groups is 1. The van der Waals surface area contributed by atoms with Gasteiger partial charge in [0, 0.05) is 24.1 Å². The van der Waals surface area contributed by atoms with Crippen molar-refractivity contribution in [1.82, 2.24) is 0 Å². The molecule has 4 nitrogen and oxygen atoms in total. The van der Waals surface area contributed by atoms with Gasteiger partial charge in [-0.05, 0) is 18.6 Å². The molecule has 2 rings (SSSR count). The Morgan fingerprint density at radius 2 is 2.39 bits per heavy atom. The molecule has 1 aliphatic rings. The molecule has 1 aliphatic heterocycles. The summed E-state index contributed by atoms with van der Waals surface area (Å²) in [6.07, 6.45) is -0.0624. The number of ether oxygens (including phenoxy) is 2. The Hall–Kier alpha value is -0.810. The van der Waals surface area contributed by atoms with Gasteiger partial charge in [-0.25, -0.2) is 0 Å². The fourth-order valence-corrected chi connectivity index (χ4v) is 2.65. The van der Waals surface area contributed by atoms with Crippen molar-refractivity contribution in [2.24, 2.45) is 11.1 Å². The zero-order chi connectivity index (χ0) is 13.2. The van der Waals surface area contributed by atoms with Crippen LogP contribution in [0.25, 0.3) is 0 Å². The molecule has 5 heteroatoms. The summed E-state index contributed by atoms with van der Waals surface area (Å²) in [4.78, 5) is 0. The number of nitrogens with two attached hydrogens (primary N) is 1. The normalized spacial score (nSPS) is 25.1. The number of hydrogen-bond donors (Lipinski definition) is 2. The van der Waals surface area contributed by atoms with Crippen molar-refractivity contribution in [3.05, 3.63) is 28.8 Å². The first-order valence-corrected chi connectivity index (χ1v) is 6.31. The molecule has 0 saturated carbocycles. The van der Waals surface area contributed by atoms with E-state index >= 15 is 0 Å². The molecule has 1 saturated heterocycles. The van der Waals surface area contributed by atoms with Crippen molar-refractivity contribution >= 4 is 11.6 Å². The van der Waals surface area contributed by atoms with E-state index in [9.17, 15) is 5.11 Å². The molecule has 3 N–H and O–H groups in total. The van der Waals surface area contributed by atoms with Crippen LogP contribution in [0.1, 0.15) is 18.1 Å². The summed E-state index contributed by atoms with van der Waals surface area (Å²) in [6.45, 7) is 1.41. The molecule has 0 amide bonds. The molecule has 100 valence electrons. The SMILES string of the molecule is COc1cccc(Cl)c1C(O)C1(CN)CCOC1. The number of aliphatic hydroxyl groups excluding tert-OH is 1. The van der Waals surface area contributed by atoms with Crippen LogP contribution in [0, 0.1) is 5.41 Å². The van der Waals surface area contributed by atoms with Gasteiger partial charge in [0.15, 0.2) is 0 Å². The monoisotopic (exact) mass is 271 g/mol. The van der Waals surface area contributed by atoms with Crippen LogP contribution in [0.3, 0.4) is 0 Å². The topological polar surface area (TPSA) is 64.7 Å². The Labute approximate surface area is 112 Å². The summed E-state index contributed by atoms with van der Waals surface area (Å²) >= 11 is 6.18. The van der Waals surface area contributed by atoms with Crippen molar-refractivity contribution in [3.8, 4) is 5.75 Å². The van der Waals surface area contributed by atoms with Gasteiger partial charge in [0.2, 0.25) is 0 Å². The lowest BCUT2D eigenvalue weighted by Crippen LogP contribution is -2.37. The Morgan fingerprint density at radius 3 is 2.94 bits per heavy atom. The molecule has 1 aromatic rings. The van der Waals surface area contributed by atoms with Crippen LogP contribution in [0.2, 0.25) is 5.02 Å². The minimum absolute atomic E-state index is 0.350. The number of halogens is 1. The molecule has 1 aromatic carbocycles. The predicted molar refractivity (Wildman–Crippen MR) is 69.9 cm³/mol. The Kier molecular flexibility index (Phi) is 4.12. The van der Waals surface area contributed by atoms with E-state index < -0.39 is 11.5 Å². The Bertz CT molecular complexity index is 419. The Balaban J connectivity index is 2.41. The molecule has 1 fully saturated rings. The van der Waals surface area contributed by atoms with E-state index in [-0.39, 0.29) is 0 Å². The van der Waals surface area contributed by atoms with Crippen molar-refractivity contribution in [2.45, 2.75) is 12.5 Å². The highest BCUT2D eigenvalue weighted by molar-refractivity contribution is 6.31. The second-order valence-corrected chi connectivity index (χ2v) is 5.03. The fourth-order valence-electron chi connectivity index (χ4n) is 2.38. The molecule has 0 spiro atoms. The quantitative estimate of drug-likeness (QED) is 0.876. The summed E-state index contributed by atoms with van der Waals surface area (Å²) in [6, 6.07) is 5.31. The smallest absolute Gasteiger partial charge is 0.126 e. The number of methoxy groups -OCH3 is 1. The van der Waals surface area contributed by atoms with E-state index in [1.54, 1.807) is 25.3 Å². The summed E-state index contributed by atoms with van der Waals surface area (Å²) in [5.41, 5.74) is 5.95. The minimum Gasteiger partial charge on any atom is -0.496 e. The van der Waals surface area contributed by atoms with Gasteiger partial charge in [-0.15, -0.1) is 0 Å². The number of hydrogen-bond acceptors (Lipinski definition) is 4. The number of rotatable bonds is 4. The maximum atomic E-state index is 10.6. The minimum atomic E-state index is -0.784. The van der Waals surface area contributed by atoms with Crippen LogP contribution in [0.5, 0.6) is 5.75 Å². The molecular weight excluding hydrogens is 254 g/mol. The second-order valence-electron chi connectivity index (χ2n) is 4.63. The summed E-state index contributed by atoms with van der Waals surface area (Å²) in [5.74, 6) is 0.578. The van der Waals surface area contributed by atoms with Crippen LogP contribution >= 0.6 is 11.6 Å². The van der Waals surface area contributed by atoms with Gasteiger partial charge < -0.3 is 20.3 Å². The van der Waals surface area contributed by atoms with Gasteiger partial charge in [0.25, 0.3) is 0 Å². The highest BCUT2D eigenvalue weighted by Crippen LogP contribution is 2.45. The third-order valence-corrected chi connectivity index (χ3v) is 3.96.